The number of nitrogens with one attached hydrogen (secondary N) is 1. The van der Waals surface area contributed by atoms with E-state index in [0.29, 0.717) is 6.10 Å². The molecule has 0 aromatic carbocycles. The lowest BCUT2D eigenvalue weighted by Crippen LogP contribution is -2.25. The minimum absolute atomic E-state index is 0.600. The van der Waals surface area contributed by atoms with Crippen LogP contribution in [0.5, 0.6) is 0 Å². The van der Waals surface area contributed by atoms with Crippen LogP contribution in [0.25, 0.3) is 0 Å². The summed E-state index contributed by atoms with van der Waals surface area (Å²) in [7, 11) is 0. The average Bonchev–Trinajstić information content (AvgIpc) is 2.85. The topological polar surface area (TPSA) is 21.3 Å². The number of ether oxygens (including phenoxy) is 1. The molecule has 2 fully saturated rings. The maximum absolute atomic E-state index is 5.67. The van der Waals surface area contributed by atoms with E-state index in [0.717, 1.165) is 25.1 Å². The van der Waals surface area contributed by atoms with Gasteiger partial charge in [0, 0.05) is 12.6 Å². The maximum Gasteiger partial charge on any atom is 0.0576 e. The third-order valence-corrected chi connectivity index (χ3v) is 3.95. The van der Waals surface area contributed by atoms with Gasteiger partial charge in [0.1, 0.15) is 0 Å². The average molecular weight is 211 g/mol. The zero-order valence-electron chi connectivity index (χ0n) is 10.0. The van der Waals surface area contributed by atoms with Crippen molar-refractivity contribution in [2.24, 2.45) is 5.92 Å². The first-order valence-corrected chi connectivity index (χ1v) is 6.73. The second-order valence-corrected chi connectivity index (χ2v) is 5.15. The minimum atomic E-state index is 0.600. The van der Waals surface area contributed by atoms with E-state index in [1.54, 1.807) is 0 Å². The fourth-order valence-electron chi connectivity index (χ4n) is 3.10. The fourth-order valence-corrected chi connectivity index (χ4v) is 3.10. The Morgan fingerprint density at radius 1 is 1.20 bits per heavy atom. The van der Waals surface area contributed by atoms with E-state index in [2.05, 4.69) is 12.2 Å². The Balaban J connectivity index is 1.59. The fraction of sp³-hybridized carbons (Fsp3) is 1.00. The molecule has 2 aliphatic rings. The normalized spacial score (nSPS) is 36.2. The monoisotopic (exact) mass is 211 g/mol. The van der Waals surface area contributed by atoms with Crippen molar-refractivity contribution in [2.75, 3.05) is 13.2 Å². The Bertz CT molecular complexity index is 177. The molecule has 1 saturated heterocycles. The van der Waals surface area contributed by atoms with Crippen molar-refractivity contribution in [3.63, 3.8) is 0 Å². The quantitative estimate of drug-likeness (QED) is 0.755. The second kappa shape index (κ2) is 5.86. The molecule has 1 saturated carbocycles. The van der Waals surface area contributed by atoms with E-state index in [1.807, 2.05) is 0 Å². The Hall–Kier alpha value is -0.0800. The molecule has 1 aliphatic carbocycles. The lowest BCUT2D eigenvalue weighted by molar-refractivity contribution is 0.0981. The van der Waals surface area contributed by atoms with Gasteiger partial charge in [0.2, 0.25) is 0 Å². The zero-order valence-corrected chi connectivity index (χ0v) is 10.0. The smallest absolute Gasteiger partial charge is 0.0576 e. The van der Waals surface area contributed by atoms with E-state index in [9.17, 15) is 0 Å². The van der Waals surface area contributed by atoms with Gasteiger partial charge < -0.3 is 10.1 Å². The lowest BCUT2D eigenvalue weighted by atomic mass is 9.98. The van der Waals surface area contributed by atoms with Crippen molar-refractivity contribution in [3.8, 4) is 0 Å². The lowest BCUT2D eigenvalue weighted by Gasteiger charge is -2.14. The number of rotatable bonds is 5. The molecule has 1 heterocycles. The third kappa shape index (κ3) is 3.46. The van der Waals surface area contributed by atoms with Gasteiger partial charge in [-0.15, -0.1) is 0 Å². The van der Waals surface area contributed by atoms with Crippen molar-refractivity contribution in [1.82, 2.24) is 5.32 Å². The summed E-state index contributed by atoms with van der Waals surface area (Å²) in [5.74, 6) is 0.971. The SMILES string of the molecule is CCNC1CCC(CCC2CCCO2)C1. The second-order valence-electron chi connectivity index (χ2n) is 5.15. The molecule has 0 amide bonds. The summed E-state index contributed by atoms with van der Waals surface area (Å²) in [4.78, 5) is 0. The van der Waals surface area contributed by atoms with E-state index in [1.165, 1.54) is 44.9 Å². The van der Waals surface area contributed by atoms with Gasteiger partial charge >= 0.3 is 0 Å². The van der Waals surface area contributed by atoms with Crippen LogP contribution in [0.4, 0.5) is 0 Å². The molecule has 88 valence electrons. The number of hydrogen-bond donors (Lipinski definition) is 1. The van der Waals surface area contributed by atoms with Gasteiger partial charge in [-0.05, 0) is 57.4 Å². The highest BCUT2D eigenvalue weighted by Crippen LogP contribution is 2.31. The van der Waals surface area contributed by atoms with E-state index < -0.39 is 0 Å². The Kier molecular flexibility index (Phi) is 4.45. The zero-order chi connectivity index (χ0) is 10.5. The van der Waals surface area contributed by atoms with Crippen LogP contribution in [0.2, 0.25) is 0 Å². The van der Waals surface area contributed by atoms with Crippen LogP contribution in [0.15, 0.2) is 0 Å². The first-order chi connectivity index (χ1) is 7.38. The van der Waals surface area contributed by atoms with E-state index in [-0.39, 0.29) is 0 Å². The molecule has 3 atom stereocenters. The van der Waals surface area contributed by atoms with Crippen molar-refractivity contribution >= 4 is 0 Å². The molecule has 0 spiro atoms. The Labute approximate surface area is 93.8 Å². The molecule has 2 heteroatoms. The van der Waals surface area contributed by atoms with Gasteiger partial charge in [-0.2, -0.15) is 0 Å². The van der Waals surface area contributed by atoms with Gasteiger partial charge in [0.05, 0.1) is 6.10 Å². The molecule has 3 unspecified atom stereocenters. The van der Waals surface area contributed by atoms with Gasteiger partial charge in [-0.1, -0.05) is 6.92 Å². The molecular weight excluding hydrogens is 186 g/mol. The summed E-state index contributed by atoms with van der Waals surface area (Å²) in [6.07, 6.45) is 10.1. The van der Waals surface area contributed by atoms with Crippen LogP contribution in [0.3, 0.4) is 0 Å². The maximum atomic E-state index is 5.67. The predicted molar refractivity (Wildman–Crippen MR) is 63.0 cm³/mol. The molecule has 0 radical (unpaired) electrons. The van der Waals surface area contributed by atoms with Gasteiger partial charge in [-0.25, -0.2) is 0 Å². The van der Waals surface area contributed by atoms with Crippen LogP contribution in [-0.2, 0) is 4.74 Å². The van der Waals surface area contributed by atoms with Crippen molar-refractivity contribution in [3.05, 3.63) is 0 Å². The highest BCUT2D eigenvalue weighted by Gasteiger charge is 2.25. The molecule has 2 rings (SSSR count). The summed E-state index contributed by atoms with van der Waals surface area (Å²) in [5, 5.41) is 3.57. The van der Waals surface area contributed by atoms with Crippen molar-refractivity contribution in [2.45, 2.75) is 64.0 Å². The van der Waals surface area contributed by atoms with Gasteiger partial charge in [0.25, 0.3) is 0 Å². The summed E-state index contributed by atoms with van der Waals surface area (Å²) in [6, 6.07) is 0.810. The summed E-state index contributed by atoms with van der Waals surface area (Å²) in [5.41, 5.74) is 0. The molecule has 1 N–H and O–H groups in total. The molecule has 0 aromatic rings. The first kappa shape index (κ1) is 11.4. The highest BCUT2D eigenvalue weighted by atomic mass is 16.5. The van der Waals surface area contributed by atoms with Crippen molar-refractivity contribution < 1.29 is 4.74 Å². The van der Waals surface area contributed by atoms with Crippen LogP contribution < -0.4 is 5.32 Å². The third-order valence-electron chi connectivity index (χ3n) is 3.95. The molecule has 2 nitrogen and oxygen atoms in total. The Morgan fingerprint density at radius 3 is 2.87 bits per heavy atom. The van der Waals surface area contributed by atoms with Crippen LogP contribution in [0, 0.1) is 5.92 Å². The van der Waals surface area contributed by atoms with Crippen LogP contribution >= 0.6 is 0 Å². The molecule has 15 heavy (non-hydrogen) atoms. The summed E-state index contributed by atoms with van der Waals surface area (Å²) in [6.45, 7) is 4.35. The minimum Gasteiger partial charge on any atom is -0.378 e. The van der Waals surface area contributed by atoms with E-state index in [4.69, 9.17) is 4.74 Å². The van der Waals surface area contributed by atoms with E-state index >= 15 is 0 Å². The van der Waals surface area contributed by atoms with Gasteiger partial charge in [-0.3, -0.25) is 0 Å². The molecular formula is C13H25NO. The first-order valence-electron chi connectivity index (χ1n) is 6.73. The largest absolute Gasteiger partial charge is 0.378 e. The van der Waals surface area contributed by atoms with Crippen LogP contribution in [0.1, 0.15) is 51.9 Å². The highest BCUT2D eigenvalue weighted by molar-refractivity contribution is 4.81. The summed E-state index contributed by atoms with van der Waals surface area (Å²) >= 11 is 0. The van der Waals surface area contributed by atoms with Crippen LogP contribution in [-0.4, -0.2) is 25.3 Å². The Morgan fingerprint density at radius 2 is 2.13 bits per heavy atom. The number of hydrogen-bond acceptors (Lipinski definition) is 2. The van der Waals surface area contributed by atoms with Crippen molar-refractivity contribution in [1.29, 1.82) is 0 Å². The predicted octanol–water partition coefficient (Wildman–Crippen LogP) is 2.72. The summed E-state index contributed by atoms with van der Waals surface area (Å²) < 4.78 is 5.67. The molecule has 1 aliphatic heterocycles. The standard InChI is InChI=1S/C13H25NO/c1-2-14-12-7-5-11(10-12)6-8-13-4-3-9-15-13/h11-14H,2-10H2,1H3. The van der Waals surface area contributed by atoms with Gasteiger partial charge in [0.15, 0.2) is 0 Å². The molecule has 0 bridgehead atoms. The molecule has 0 aromatic heterocycles.